The number of esters is 1. The van der Waals surface area contributed by atoms with E-state index in [4.69, 9.17) is 19.9 Å². The molecule has 0 saturated heterocycles. The van der Waals surface area contributed by atoms with Gasteiger partial charge in [-0.05, 0) is 30.3 Å². The molecule has 0 fully saturated rings. The number of benzene rings is 3. The lowest BCUT2D eigenvalue weighted by atomic mass is 9.87. The summed E-state index contributed by atoms with van der Waals surface area (Å²) in [4.78, 5) is 13.8. The van der Waals surface area contributed by atoms with Gasteiger partial charge in [-0.2, -0.15) is 5.26 Å². The maximum atomic E-state index is 13.0. The molecule has 162 valence electrons. The lowest BCUT2D eigenvalue weighted by Gasteiger charge is -2.25. The summed E-state index contributed by atoms with van der Waals surface area (Å²) in [5.74, 6) is 0.341. The van der Waals surface area contributed by atoms with E-state index in [-0.39, 0.29) is 11.5 Å². The van der Waals surface area contributed by atoms with Crippen LogP contribution in [0.1, 0.15) is 26.7 Å². The molecule has 33 heavy (non-hydrogen) atoms. The van der Waals surface area contributed by atoms with Crippen molar-refractivity contribution in [3.05, 3.63) is 100 Å². The van der Waals surface area contributed by atoms with Gasteiger partial charge in [-0.3, -0.25) is 0 Å². The number of nitrogens with zero attached hydrogens (tertiary/aromatic N) is 1. The van der Waals surface area contributed by atoms with E-state index in [0.717, 1.165) is 15.0 Å². The Balaban J connectivity index is 1.63. The van der Waals surface area contributed by atoms with Crippen molar-refractivity contribution in [3.63, 3.8) is 0 Å². The summed E-state index contributed by atoms with van der Waals surface area (Å²) < 4.78 is 18.0. The molecule has 4 aromatic rings. The minimum Gasteiger partial charge on any atom is -0.496 e. The SMILES string of the molecule is COc1ccccc1C(=O)Oc1ccccc1[C@@H]1C(C#N)=C(N)Oc2c1sc1ccccc21. The molecule has 1 atom stereocenters. The Labute approximate surface area is 194 Å². The van der Waals surface area contributed by atoms with Crippen LogP contribution in [-0.2, 0) is 0 Å². The third-order valence-electron chi connectivity index (χ3n) is 5.48. The summed E-state index contributed by atoms with van der Waals surface area (Å²) in [7, 11) is 1.50. The van der Waals surface area contributed by atoms with E-state index in [0.29, 0.717) is 28.4 Å². The standard InChI is InChI=1S/C26H18N2O4S/c1-30-19-11-5-3-9-16(19)26(29)31-20-12-6-2-8-15(20)22-18(14-27)25(28)32-23-17-10-4-7-13-21(17)33-24(22)23/h2-13,22H,28H2,1H3/t22-/m1/s1. The number of para-hydroxylation sites is 2. The van der Waals surface area contributed by atoms with Crippen LogP contribution in [0.25, 0.3) is 10.1 Å². The van der Waals surface area contributed by atoms with E-state index in [1.54, 1.807) is 36.4 Å². The van der Waals surface area contributed by atoms with Gasteiger partial charge in [0.1, 0.15) is 28.7 Å². The molecule has 0 amide bonds. The van der Waals surface area contributed by atoms with Gasteiger partial charge >= 0.3 is 5.97 Å². The fourth-order valence-electron chi connectivity index (χ4n) is 3.97. The predicted octanol–water partition coefficient (Wildman–Crippen LogP) is 5.35. The second-order valence-electron chi connectivity index (χ2n) is 7.34. The van der Waals surface area contributed by atoms with Crippen molar-refractivity contribution < 1.29 is 19.0 Å². The molecule has 0 spiro atoms. The fourth-order valence-corrected chi connectivity index (χ4v) is 5.23. The van der Waals surface area contributed by atoms with Crippen LogP contribution >= 0.6 is 11.3 Å². The number of fused-ring (bicyclic) bond motifs is 3. The number of carbonyl (C=O) groups is 1. The minimum atomic E-state index is -0.556. The zero-order valence-corrected chi connectivity index (χ0v) is 18.4. The van der Waals surface area contributed by atoms with Crippen LogP contribution in [0.2, 0.25) is 0 Å². The van der Waals surface area contributed by atoms with Gasteiger partial charge in [-0.1, -0.05) is 42.5 Å². The first-order valence-corrected chi connectivity index (χ1v) is 11.0. The molecule has 1 aliphatic rings. The summed E-state index contributed by atoms with van der Waals surface area (Å²) >= 11 is 1.53. The molecule has 1 aromatic heterocycles. The van der Waals surface area contributed by atoms with Crippen molar-refractivity contribution in [2.24, 2.45) is 5.73 Å². The molecule has 0 bridgehead atoms. The van der Waals surface area contributed by atoms with Crippen LogP contribution in [0.3, 0.4) is 0 Å². The number of allylic oxidation sites excluding steroid dienone is 1. The second kappa shape index (κ2) is 8.34. The van der Waals surface area contributed by atoms with Crippen molar-refractivity contribution in [1.82, 2.24) is 0 Å². The molecule has 0 aliphatic carbocycles. The first-order valence-electron chi connectivity index (χ1n) is 10.2. The van der Waals surface area contributed by atoms with Crippen LogP contribution < -0.4 is 19.9 Å². The monoisotopic (exact) mass is 454 g/mol. The molecule has 0 radical (unpaired) electrons. The zero-order chi connectivity index (χ0) is 22.9. The molecular weight excluding hydrogens is 436 g/mol. The topological polar surface area (TPSA) is 94.6 Å². The van der Waals surface area contributed by atoms with Gasteiger partial charge in [-0.25, -0.2) is 4.79 Å². The first kappa shape index (κ1) is 20.6. The van der Waals surface area contributed by atoms with E-state index >= 15 is 0 Å². The Morgan fingerprint density at radius 2 is 1.73 bits per heavy atom. The molecule has 5 rings (SSSR count). The molecule has 0 saturated carbocycles. The van der Waals surface area contributed by atoms with Gasteiger partial charge in [0.05, 0.1) is 17.9 Å². The largest absolute Gasteiger partial charge is 0.496 e. The first-order chi connectivity index (χ1) is 16.1. The van der Waals surface area contributed by atoms with Crippen LogP contribution in [0, 0.1) is 11.3 Å². The Bertz CT molecular complexity index is 1460. The average Bonchev–Trinajstić information content (AvgIpc) is 3.21. The third-order valence-corrected chi connectivity index (χ3v) is 6.70. The van der Waals surface area contributed by atoms with Gasteiger partial charge in [0.25, 0.3) is 0 Å². The van der Waals surface area contributed by atoms with Crippen LogP contribution in [-0.4, -0.2) is 13.1 Å². The van der Waals surface area contributed by atoms with Crippen molar-refractivity contribution >= 4 is 27.4 Å². The van der Waals surface area contributed by atoms with Crippen LogP contribution in [0.4, 0.5) is 0 Å². The highest BCUT2D eigenvalue weighted by molar-refractivity contribution is 7.19. The quantitative estimate of drug-likeness (QED) is 0.330. The summed E-state index contributed by atoms with van der Waals surface area (Å²) in [6.45, 7) is 0. The molecule has 0 unspecified atom stereocenters. The van der Waals surface area contributed by atoms with Gasteiger partial charge in [-0.15, -0.1) is 11.3 Å². The van der Waals surface area contributed by atoms with E-state index in [1.807, 2.05) is 36.4 Å². The summed E-state index contributed by atoms with van der Waals surface area (Å²) in [5, 5.41) is 10.8. The average molecular weight is 455 g/mol. The number of carbonyl (C=O) groups excluding carboxylic acids is 1. The third kappa shape index (κ3) is 3.47. The molecular formula is C26H18N2O4S. The van der Waals surface area contributed by atoms with E-state index < -0.39 is 11.9 Å². The van der Waals surface area contributed by atoms with Crippen molar-refractivity contribution in [3.8, 4) is 23.3 Å². The molecule has 2 N–H and O–H groups in total. The molecule has 3 aromatic carbocycles. The van der Waals surface area contributed by atoms with Gasteiger partial charge in [0, 0.05) is 15.6 Å². The van der Waals surface area contributed by atoms with Gasteiger partial charge in [0.2, 0.25) is 5.88 Å². The number of ether oxygens (including phenoxy) is 3. The number of thiophene rings is 1. The number of nitrogens with two attached hydrogens (primary N) is 1. The Kier molecular flexibility index (Phi) is 5.21. The Morgan fingerprint density at radius 1 is 1.03 bits per heavy atom. The highest BCUT2D eigenvalue weighted by Gasteiger charge is 2.35. The normalized spacial score (nSPS) is 14.8. The summed E-state index contributed by atoms with van der Waals surface area (Å²) in [6, 6.07) is 24.0. The molecule has 7 heteroatoms. The zero-order valence-electron chi connectivity index (χ0n) is 17.6. The molecule has 6 nitrogen and oxygen atoms in total. The number of rotatable bonds is 4. The maximum absolute atomic E-state index is 13.0. The molecule has 1 aliphatic heterocycles. The van der Waals surface area contributed by atoms with Crippen LogP contribution in [0.5, 0.6) is 17.2 Å². The number of methoxy groups -OCH3 is 1. The second-order valence-corrected chi connectivity index (χ2v) is 8.43. The lowest BCUT2D eigenvalue weighted by molar-refractivity contribution is 0.0729. The van der Waals surface area contributed by atoms with E-state index in [2.05, 4.69) is 6.07 Å². The minimum absolute atomic E-state index is 0.0458. The molecule has 2 heterocycles. The predicted molar refractivity (Wildman–Crippen MR) is 126 cm³/mol. The van der Waals surface area contributed by atoms with E-state index in [9.17, 15) is 10.1 Å². The summed E-state index contributed by atoms with van der Waals surface area (Å²) in [6.07, 6.45) is 0. The van der Waals surface area contributed by atoms with Crippen molar-refractivity contribution in [1.29, 1.82) is 5.26 Å². The summed E-state index contributed by atoms with van der Waals surface area (Å²) in [5.41, 5.74) is 7.41. The fraction of sp³-hybridized carbons (Fsp3) is 0.0769. The van der Waals surface area contributed by atoms with Crippen molar-refractivity contribution in [2.45, 2.75) is 5.92 Å². The highest BCUT2D eigenvalue weighted by Crippen LogP contribution is 2.51. The number of hydrogen-bond acceptors (Lipinski definition) is 7. The smallest absolute Gasteiger partial charge is 0.347 e. The Hall–Kier alpha value is -4.28. The Morgan fingerprint density at radius 3 is 2.52 bits per heavy atom. The van der Waals surface area contributed by atoms with E-state index in [1.165, 1.54) is 18.4 Å². The maximum Gasteiger partial charge on any atom is 0.347 e. The number of nitriles is 1. The lowest BCUT2D eigenvalue weighted by Crippen LogP contribution is -2.20. The van der Waals surface area contributed by atoms with Crippen molar-refractivity contribution in [2.75, 3.05) is 7.11 Å². The van der Waals surface area contributed by atoms with Crippen LogP contribution in [0.15, 0.2) is 84.3 Å². The highest BCUT2D eigenvalue weighted by atomic mass is 32.1. The van der Waals surface area contributed by atoms with Gasteiger partial charge < -0.3 is 19.9 Å². The van der Waals surface area contributed by atoms with Gasteiger partial charge in [0.15, 0.2) is 5.75 Å². The number of hydrogen-bond donors (Lipinski definition) is 1.